The number of amides is 2. The van der Waals surface area contributed by atoms with Crippen molar-refractivity contribution in [2.24, 2.45) is 4.99 Å². The minimum atomic E-state index is -0.138. The second kappa shape index (κ2) is 11.4. The first-order valence-corrected chi connectivity index (χ1v) is 12.4. The molecule has 35 heavy (non-hydrogen) atoms. The van der Waals surface area contributed by atoms with Gasteiger partial charge in [-0.2, -0.15) is 0 Å². The third kappa shape index (κ3) is 5.86. The van der Waals surface area contributed by atoms with Crippen LogP contribution in [0.3, 0.4) is 0 Å². The predicted molar refractivity (Wildman–Crippen MR) is 137 cm³/mol. The lowest BCUT2D eigenvalue weighted by Crippen LogP contribution is -2.40. The maximum Gasteiger partial charge on any atom is 0.266 e. The van der Waals surface area contributed by atoms with Gasteiger partial charge in [0.25, 0.3) is 11.8 Å². The zero-order valence-corrected chi connectivity index (χ0v) is 21.0. The third-order valence-corrected chi connectivity index (χ3v) is 6.55. The first-order valence-electron chi connectivity index (χ1n) is 11.6. The molecule has 184 valence electrons. The van der Waals surface area contributed by atoms with Gasteiger partial charge in [0.1, 0.15) is 0 Å². The first kappa shape index (κ1) is 24.8. The molecule has 0 saturated carbocycles. The van der Waals surface area contributed by atoms with Crippen LogP contribution in [-0.4, -0.2) is 73.3 Å². The molecule has 0 N–H and O–H groups in total. The average molecular weight is 496 g/mol. The fourth-order valence-electron chi connectivity index (χ4n) is 3.73. The van der Waals surface area contributed by atoms with Crippen LogP contribution < -0.4 is 9.47 Å². The number of carbonyl (C=O) groups excluding carboxylic acids is 2. The van der Waals surface area contributed by atoms with Crippen molar-refractivity contribution in [2.75, 3.05) is 46.6 Å². The van der Waals surface area contributed by atoms with Gasteiger partial charge < -0.3 is 19.1 Å². The molecule has 8 nitrogen and oxygen atoms in total. The van der Waals surface area contributed by atoms with Gasteiger partial charge >= 0.3 is 0 Å². The van der Waals surface area contributed by atoms with Crippen molar-refractivity contribution in [3.8, 4) is 11.5 Å². The lowest BCUT2D eigenvalue weighted by Gasteiger charge is -2.26. The van der Waals surface area contributed by atoms with Crippen molar-refractivity contribution in [3.63, 3.8) is 0 Å². The topological polar surface area (TPSA) is 80.7 Å². The number of carbonyl (C=O) groups is 2. The number of ether oxygens (including phenoxy) is 3. The molecule has 2 amide bonds. The molecule has 0 radical (unpaired) electrons. The Hall–Kier alpha value is -3.30. The molecule has 2 aliphatic rings. The van der Waals surface area contributed by atoms with Gasteiger partial charge in [-0.1, -0.05) is 12.1 Å². The van der Waals surface area contributed by atoms with Crippen molar-refractivity contribution < 1.29 is 23.8 Å². The van der Waals surface area contributed by atoms with Gasteiger partial charge in [-0.3, -0.25) is 14.5 Å². The number of thioether (sulfide) groups is 1. The lowest BCUT2D eigenvalue weighted by atomic mass is 10.1. The quantitative estimate of drug-likeness (QED) is 0.536. The molecule has 2 aromatic rings. The number of morpholine rings is 1. The SMILES string of the molecule is CCOc1ccc(/C=C2/SC(=Nc3cccc(C(=O)N4CCOCC4)c3)N(C)C2=O)cc1OCC. The van der Waals surface area contributed by atoms with Crippen LogP contribution in [-0.2, 0) is 9.53 Å². The zero-order valence-electron chi connectivity index (χ0n) is 20.2. The van der Waals surface area contributed by atoms with Crippen molar-refractivity contribution in [2.45, 2.75) is 13.8 Å². The van der Waals surface area contributed by atoms with Crippen molar-refractivity contribution in [1.29, 1.82) is 0 Å². The molecule has 2 fully saturated rings. The number of likely N-dealkylation sites (N-methyl/N-ethyl adjacent to an activating group) is 1. The second-order valence-electron chi connectivity index (χ2n) is 7.90. The molecule has 2 aromatic carbocycles. The summed E-state index contributed by atoms with van der Waals surface area (Å²) in [5, 5.41) is 0.549. The summed E-state index contributed by atoms with van der Waals surface area (Å²) in [6.07, 6.45) is 1.82. The summed E-state index contributed by atoms with van der Waals surface area (Å²) in [4.78, 5) is 34.2. The van der Waals surface area contributed by atoms with Crippen molar-refractivity contribution in [3.05, 3.63) is 58.5 Å². The monoisotopic (exact) mass is 495 g/mol. The summed E-state index contributed by atoms with van der Waals surface area (Å²) in [7, 11) is 1.70. The van der Waals surface area contributed by atoms with E-state index in [1.807, 2.05) is 44.2 Å². The molecule has 0 bridgehead atoms. The van der Waals surface area contributed by atoms with Crippen LogP contribution in [0.4, 0.5) is 5.69 Å². The molecule has 2 heterocycles. The van der Waals surface area contributed by atoms with Gasteiger partial charge in [-0.15, -0.1) is 0 Å². The molecule has 2 aliphatic heterocycles. The van der Waals surface area contributed by atoms with Gasteiger partial charge in [0, 0.05) is 25.7 Å². The van der Waals surface area contributed by atoms with Crippen LogP contribution in [0.2, 0.25) is 0 Å². The van der Waals surface area contributed by atoms with E-state index in [9.17, 15) is 9.59 Å². The Kier molecular flexibility index (Phi) is 8.09. The fourth-order valence-corrected chi connectivity index (χ4v) is 4.72. The maximum absolute atomic E-state index is 12.9. The highest BCUT2D eigenvalue weighted by Crippen LogP contribution is 2.35. The van der Waals surface area contributed by atoms with E-state index in [0.717, 1.165) is 5.56 Å². The Balaban J connectivity index is 1.55. The molecule has 0 unspecified atom stereocenters. The summed E-state index contributed by atoms with van der Waals surface area (Å²) < 4.78 is 16.7. The molecular weight excluding hydrogens is 466 g/mol. The van der Waals surface area contributed by atoms with Crippen molar-refractivity contribution in [1.82, 2.24) is 9.80 Å². The smallest absolute Gasteiger partial charge is 0.266 e. The minimum Gasteiger partial charge on any atom is -0.490 e. The van der Waals surface area contributed by atoms with Gasteiger partial charge in [0.05, 0.1) is 37.0 Å². The molecule has 4 rings (SSSR count). The van der Waals surface area contributed by atoms with Crippen LogP contribution in [0, 0.1) is 0 Å². The number of benzene rings is 2. The molecule has 0 aromatic heterocycles. The highest BCUT2D eigenvalue weighted by Gasteiger charge is 2.30. The van der Waals surface area contributed by atoms with Crippen LogP contribution in [0.1, 0.15) is 29.8 Å². The Morgan fingerprint density at radius 3 is 2.57 bits per heavy atom. The third-order valence-electron chi connectivity index (χ3n) is 5.48. The molecule has 9 heteroatoms. The number of nitrogens with zero attached hydrogens (tertiary/aromatic N) is 3. The van der Waals surface area contributed by atoms with E-state index in [-0.39, 0.29) is 11.8 Å². The second-order valence-corrected chi connectivity index (χ2v) is 8.91. The number of aliphatic imine (C=N–C) groups is 1. The van der Waals surface area contributed by atoms with Crippen LogP contribution in [0.15, 0.2) is 52.4 Å². The number of amidine groups is 1. The summed E-state index contributed by atoms with van der Waals surface area (Å²) in [5.74, 6) is 1.14. The molecule has 0 atom stereocenters. The largest absolute Gasteiger partial charge is 0.490 e. The average Bonchev–Trinajstić information content (AvgIpc) is 3.13. The van der Waals surface area contributed by atoms with Crippen LogP contribution in [0.25, 0.3) is 6.08 Å². The molecule has 2 saturated heterocycles. The van der Waals surface area contributed by atoms with E-state index in [1.165, 1.54) is 16.7 Å². The maximum atomic E-state index is 12.9. The van der Waals surface area contributed by atoms with Crippen molar-refractivity contribution >= 4 is 40.5 Å². The number of hydrogen-bond acceptors (Lipinski definition) is 7. The summed E-state index contributed by atoms with van der Waals surface area (Å²) in [5.41, 5.74) is 2.02. The van der Waals surface area contributed by atoms with E-state index in [0.29, 0.717) is 72.3 Å². The summed E-state index contributed by atoms with van der Waals surface area (Å²) in [6, 6.07) is 12.8. The number of hydrogen-bond donors (Lipinski definition) is 0. The normalized spacial score (nSPS) is 18.4. The minimum absolute atomic E-state index is 0.0416. The Labute approximate surface area is 209 Å². The first-order chi connectivity index (χ1) is 17.0. The highest BCUT2D eigenvalue weighted by molar-refractivity contribution is 8.18. The van der Waals surface area contributed by atoms with E-state index >= 15 is 0 Å². The lowest BCUT2D eigenvalue weighted by molar-refractivity contribution is -0.121. The van der Waals surface area contributed by atoms with E-state index in [4.69, 9.17) is 14.2 Å². The molecular formula is C26H29N3O5S. The van der Waals surface area contributed by atoms with Crippen LogP contribution >= 0.6 is 11.8 Å². The summed E-state index contributed by atoms with van der Waals surface area (Å²) >= 11 is 1.30. The van der Waals surface area contributed by atoms with Gasteiger partial charge in [-0.05, 0) is 67.6 Å². The van der Waals surface area contributed by atoms with E-state index in [1.54, 1.807) is 30.1 Å². The van der Waals surface area contributed by atoms with E-state index < -0.39 is 0 Å². The summed E-state index contributed by atoms with van der Waals surface area (Å²) in [6.45, 7) is 7.15. The van der Waals surface area contributed by atoms with Gasteiger partial charge in [-0.25, -0.2) is 4.99 Å². The standard InChI is InChI=1S/C26H29N3O5S/c1-4-33-21-10-9-18(15-22(21)34-5-2)16-23-25(31)28(3)26(35-23)27-20-8-6-7-19(17-20)24(30)29-11-13-32-14-12-29/h6-10,15-17H,4-5,11-14H2,1-3H3/b23-16+,27-26?. The fraction of sp³-hybridized carbons (Fsp3) is 0.346. The van der Waals surface area contributed by atoms with Crippen LogP contribution in [0.5, 0.6) is 11.5 Å². The Morgan fingerprint density at radius 2 is 1.83 bits per heavy atom. The number of rotatable bonds is 7. The molecule has 0 aliphatic carbocycles. The molecule has 0 spiro atoms. The van der Waals surface area contributed by atoms with Gasteiger partial charge in [0.2, 0.25) is 0 Å². The predicted octanol–water partition coefficient (Wildman–Crippen LogP) is 4.19. The highest BCUT2D eigenvalue weighted by atomic mass is 32.2. The van der Waals surface area contributed by atoms with Gasteiger partial charge in [0.15, 0.2) is 16.7 Å². The Morgan fingerprint density at radius 1 is 1.09 bits per heavy atom. The van der Waals surface area contributed by atoms with E-state index in [2.05, 4.69) is 4.99 Å². The Bertz CT molecular complexity index is 1160. The zero-order chi connectivity index (χ0) is 24.8.